The third-order valence-electron chi connectivity index (χ3n) is 3.81. The molecule has 0 fully saturated rings. The standard InChI is InChI=1S/C19H28N2O4/c1-19(2,3)18(22)25-16-9-7-8-15-14(16)12-17(20(4)5)21(15)13-24-11-10-23-6/h7-9,12H,10-11,13H2,1-6H3. The average Bonchev–Trinajstić information content (AvgIpc) is 2.91. The Morgan fingerprint density at radius 1 is 1.20 bits per heavy atom. The number of esters is 1. The van der Waals surface area contributed by atoms with Gasteiger partial charge in [0, 0.05) is 26.6 Å². The van der Waals surface area contributed by atoms with Gasteiger partial charge in [0.05, 0.1) is 24.1 Å². The molecule has 138 valence electrons. The van der Waals surface area contributed by atoms with Crippen molar-refractivity contribution < 1.29 is 19.0 Å². The Kier molecular flexibility index (Phi) is 6.08. The van der Waals surface area contributed by atoms with Crippen molar-refractivity contribution in [1.82, 2.24) is 4.57 Å². The van der Waals surface area contributed by atoms with E-state index in [2.05, 4.69) is 4.57 Å². The molecule has 0 N–H and O–H groups in total. The summed E-state index contributed by atoms with van der Waals surface area (Å²) in [7, 11) is 5.59. The van der Waals surface area contributed by atoms with Crippen LogP contribution >= 0.6 is 0 Å². The molecule has 1 aromatic carbocycles. The summed E-state index contributed by atoms with van der Waals surface area (Å²) in [4.78, 5) is 14.3. The van der Waals surface area contributed by atoms with Crippen molar-refractivity contribution in [3.63, 3.8) is 0 Å². The lowest BCUT2D eigenvalue weighted by atomic mass is 9.97. The minimum atomic E-state index is -0.557. The normalized spacial score (nSPS) is 11.8. The minimum absolute atomic E-state index is 0.254. The van der Waals surface area contributed by atoms with Crippen LogP contribution in [0.4, 0.5) is 5.82 Å². The summed E-state index contributed by atoms with van der Waals surface area (Å²) in [5.41, 5.74) is 0.401. The fraction of sp³-hybridized carbons (Fsp3) is 0.526. The van der Waals surface area contributed by atoms with Crippen LogP contribution in [0.5, 0.6) is 5.75 Å². The zero-order valence-electron chi connectivity index (χ0n) is 16.0. The van der Waals surface area contributed by atoms with Crippen LogP contribution in [0, 0.1) is 5.41 Å². The first-order valence-corrected chi connectivity index (χ1v) is 8.34. The maximum atomic E-state index is 12.3. The van der Waals surface area contributed by atoms with Crippen LogP contribution in [-0.2, 0) is 21.0 Å². The highest BCUT2D eigenvalue weighted by Crippen LogP contribution is 2.33. The van der Waals surface area contributed by atoms with E-state index in [9.17, 15) is 4.79 Å². The van der Waals surface area contributed by atoms with Crippen LogP contribution in [0.25, 0.3) is 10.9 Å². The van der Waals surface area contributed by atoms with Gasteiger partial charge in [-0.3, -0.25) is 4.79 Å². The van der Waals surface area contributed by atoms with Gasteiger partial charge in [-0.2, -0.15) is 0 Å². The second-order valence-electron chi connectivity index (χ2n) is 7.18. The third kappa shape index (κ3) is 4.52. The number of fused-ring (bicyclic) bond motifs is 1. The average molecular weight is 348 g/mol. The highest BCUT2D eigenvalue weighted by Gasteiger charge is 2.25. The predicted octanol–water partition coefficient (Wildman–Crippen LogP) is 3.28. The maximum Gasteiger partial charge on any atom is 0.316 e. The molecule has 0 saturated carbocycles. The van der Waals surface area contributed by atoms with E-state index in [0.29, 0.717) is 25.7 Å². The first kappa shape index (κ1) is 19.3. The number of anilines is 1. The van der Waals surface area contributed by atoms with Crippen LogP contribution in [0.15, 0.2) is 24.3 Å². The zero-order valence-corrected chi connectivity index (χ0v) is 16.0. The summed E-state index contributed by atoms with van der Waals surface area (Å²) < 4.78 is 18.4. The van der Waals surface area contributed by atoms with Crippen molar-refractivity contribution in [3.05, 3.63) is 24.3 Å². The second-order valence-corrected chi connectivity index (χ2v) is 7.18. The SMILES string of the molecule is COCCOCn1c(N(C)C)cc2c(OC(=O)C(C)(C)C)cccc21. The Hall–Kier alpha value is -2.05. The first-order valence-electron chi connectivity index (χ1n) is 8.34. The maximum absolute atomic E-state index is 12.3. The molecule has 0 amide bonds. The summed E-state index contributed by atoms with van der Waals surface area (Å²) >= 11 is 0. The topological polar surface area (TPSA) is 52.9 Å². The highest BCUT2D eigenvalue weighted by molar-refractivity contribution is 5.93. The molecule has 0 bridgehead atoms. The molecule has 0 atom stereocenters. The lowest BCUT2D eigenvalue weighted by Gasteiger charge is -2.17. The van der Waals surface area contributed by atoms with Crippen molar-refractivity contribution in [2.24, 2.45) is 5.41 Å². The number of nitrogens with zero attached hydrogens (tertiary/aromatic N) is 2. The molecule has 0 unspecified atom stereocenters. The van der Waals surface area contributed by atoms with E-state index in [1.165, 1.54) is 0 Å². The van der Waals surface area contributed by atoms with E-state index in [-0.39, 0.29) is 5.97 Å². The molecule has 0 aliphatic rings. The fourth-order valence-corrected chi connectivity index (χ4v) is 2.39. The van der Waals surface area contributed by atoms with Crippen LogP contribution in [-0.4, -0.2) is 45.0 Å². The molecule has 6 nitrogen and oxygen atoms in total. The van der Waals surface area contributed by atoms with Gasteiger partial charge in [-0.05, 0) is 39.0 Å². The van der Waals surface area contributed by atoms with Crippen molar-refractivity contribution in [2.75, 3.05) is 39.3 Å². The highest BCUT2D eigenvalue weighted by atomic mass is 16.5. The van der Waals surface area contributed by atoms with Gasteiger partial charge < -0.3 is 23.7 Å². The smallest absolute Gasteiger partial charge is 0.316 e. The molecule has 0 saturated heterocycles. The molecule has 0 radical (unpaired) electrons. The van der Waals surface area contributed by atoms with E-state index in [1.807, 2.05) is 64.0 Å². The van der Waals surface area contributed by atoms with E-state index >= 15 is 0 Å². The number of ether oxygens (including phenoxy) is 3. The quantitative estimate of drug-likeness (QED) is 0.437. The lowest BCUT2D eigenvalue weighted by molar-refractivity contribution is -0.142. The van der Waals surface area contributed by atoms with Crippen molar-refractivity contribution in [2.45, 2.75) is 27.5 Å². The lowest BCUT2D eigenvalue weighted by Crippen LogP contribution is -2.25. The van der Waals surface area contributed by atoms with Crippen molar-refractivity contribution >= 4 is 22.7 Å². The number of aromatic nitrogens is 1. The number of hydrogen-bond acceptors (Lipinski definition) is 5. The summed E-state index contributed by atoms with van der Waals surface area (Å²) in [5.74, 6) is 1.29. The Morgan fingerprint density at radius 3 is 2.52 bits per heavy atom. The first-order chi connectivity index (χ1) is 11.8. The van der Waals surface area contributed by atoms with Gasteiger partial charge in [-0.15, -0.1) is 0 Å². The molecule has 0 aliphatic heterocycles. The number of benzene rings is 1. The molecule has 1 aromatic heterocycles. The zero-order chi connectivity index (χ0) is 18.6. The van der Waals surface area contributed by atoms with Crippen LogP contribution in [0.3, 0.4) is 0 Å². The van der Waals surface area contributed by atoms with Gasteiger partial charge in [0.2, 0.25) is 0 Å². The molecule has 25 heavy (non-hydrogen) atoms. The number of rotatable bonds is 7. The summed E-state index contributed by atoms with van der Waals surface area (Å²) in [6.07, 6.45) is 0. The number of carbonyl (C=O) groups excluding carboxylic acids is 1. The number of hydrogen-bond donors (Lipinski definition) is 0. The van der Waals surface area contributed by atoms with E-state index in [0.717, 1.165) is 16.7 Å². The van der Waals surface area contributed by atoms with E-state index in [1.54, 1.807) is 7.11 Å². The van der Waals surface area contributed by atoms with Gasteiger partial charge in [-0.1, -0.05) is 6.07 Å². The summed E-state index contributed by atoms with van der Waals surface area (Å²) in [5, 5.41) is 0.888. The fourth-order valence-electron chi connectivity index (χ4n) is 2.39. The molecule has 0 spiro atoms. The Bertz CT molecular complexity index is 729. The van der Waals surface area contributed by atoms with Crippen LogP contribution < -0.4 is 9.64 Å². The largest absolute Gasteiger partial charge is 0.425 e. The second kappa shape index (κ2) is 7.89. The van der Waals surface area contributed by atoms with Gasteiger partial charge in [0.15, 0.2) is 0 Å². The van der Waals surface area contributed by atoms with Gasteiger partial charge in [0.1, 0.15) is 18.3 Å². The predicted molar refractivity (Wildman–Crippen MR) is 99.2 cm³/mol. The monoisotopic (exact) mass is 348 g/mol. The van der Waals surface area contributed by atoms with E-state index < -0.39 is 5.41 Å². The Labute approximate surface area is 149 Å². The number of carbonyl (C=O) groups is 1. The number of methoxy groups -OCH3 is 1. The van der Waals surface area contributed by atoms with Gasteiger partial charge in [-0.25, -0.2) is 0 Å². The minimum Gasteiger partial charge on any atom is -0.425 e. The van der Waals surface area contributed by atoms with Crippen LogP contribution in [0.2, 0.25) is 0 Å². The Morgan fingerprint density at radius 2 is 1.92 bits per heavy atom. The molecule has 2 rings (SSSR count). The third-order valence-corrected chi connectivity index (χ3v) is 3.81. The molecular weight excluding hydrogens is 320 g/mol. The van der Waals surface area contributed by atoms with Crippen molar-refractivity contribution in [1.29, 1.82) is 0 Å². The van der Waals surface area contributed by atoms with Crippen molar-refractivity contribution in [3.8, 4) is 5.75 Å². The molecule has 0 aliphatic carbocycles. The molecular formula is C19H28N2O4. The van der Waals surface area contributed by atoms with Crippen LogP contribution in [0.1, 0.15) is 20.8 Å². The summed E-state index contributed by atoms with van der Waals surface area (Å²) in [6, 6.07) is 7.72. The summed E-state index contributed by atoms with van der Waals surface area (Å²) in [6.45, 7) is 6.99. The van der Waals surface area contributed by atoms with Gasteiger partial charge in [0.25, 0.3) is 0 Å². The van der Waals surface area contributed by atoms with E-state index in [4.69, 9.17) is 14.2 Å². The molecule has 6 heteroatoms. The molecule has 1 heterocycles. The Balaban J connectivity index is 2.39. The molecule has 2 aromatic rings. The van der Waals surface area contributed by atoms with Gasteiger partial charge >= 0.3 is 5.97 Å².